The third-order valence-electron chi connectivity index (χ3n) is 3.31. The molecule has 1 rings (SSSR count). The van der Waals surface area contributed by atoms with Gasteiger partial charge in [-0.25, -0.2) is 4.79 Å². The van der Waals surface area contributed by atoms with Gasteiger partial charge >= 0.3 is 5.97 Å². The summed E-state index contributed by atoms with van der Waals surface area (Å²) in [5.41, 5.74) is 7.30. The fraction of sp³-hybridized carbons (Fsp3) is 0.500. The molecule has 1 aromatic rings. The number of ether oxygens (including phenoxy) is 1. The van der Waals surface area contributed by atoms with E-state index in [4.69, 9.17) is 5.73 Å². The number of rotatable bonds is 5. The normalized spacial score (nSPS) is 15.0. The van der Waals surface area contributed by atoms with Crippen LogP contribution in [0.4, 0.5) is 0 Å². The molecule has 0 heterocycles. The van der Waals surface area contributed by atoms with Gasteiger partial charge in [0.15, 0.2) is 0 Å². The van der Waals surface area contributed by atoms with Crippen LogP contribution < -0.4 is 5.73 Å². The van der Waals surface area contributed by atoms with Crippen LogP contribution in [0.15, 0.2) is 24.3 Å². The molecular formula is C14H22ClNO3. The smallest absolute Gasteiger partial charge is 0.337 e. The summed E-state index contributed by atoms with van der Waals surface area (Å²) >= 11 is 0. The minimum absolute atomic E-state index is 0. The summed E-state index contributed by atoms with van der Waals surface area (Å²) in [6, 6.07) is 6.38. The fourth-order valence-corrected chi connectivity index (χ4v) is 1.75. The van der Waals surface area contributed by atoms with E-state index in [0.717, 1.165) is 12.0 Å². The average molecular weight is 288 g/mol. The Morgan fingerprint density at radius 1 is 1.37 bits per heavy atom. The van der Waals surface area contributed by atoms with Crippen molar-refractivity contribution < 1.29 is 14.6 Å². The van der Waals surface area contributed by atoms with E-state index >= 15 is 0 Å². The Hall–Kier alpha value is -1.10. The number of nitrogens with two attached hydrogens (primary N) is 1. The van der Waals surface area contributed by atoms with Gasteiger partial charge in [-0.3, -0.25) is 0 Å². The number of halogens is 1. The van der Waals surface area contributed by atoms with Gasteiger partial charge in [-0.15, -0.1) is 12.4 Å². The summed E-state index contributed by atoms with van der Waals surface area (Å²) in [5, 5.41) is 10.0. The molecular weight excluding hydrogens is 266 g/mol. The summed E-state index contributed by atoms with van der Waals surface area (Å²) in [4.78, 5) is 11.3. The number of carbonyl (C=O) groups excluding carboxylic acids is 1. The van der Waals surface area contributed by atoms with Crippen molar-refractivity contribution in [3.05, 3.63) is 35.4 Å². The van der Waals surface area contributed by atoms with Crippen LogP contribution in [0.25, 0.3) is 0 Å². The van der Waals surface area contributed by atoms with Crippen molar-refractivity contribution in [1.29, 1.82) is 0 Å². The number of aliphatic hydroxyl groups excluding tert-OH is 1. The SMILES string of the molecule is CCC(C)[C@@H](O)[C@@H](N)c1ccc(C(=O)OC)cc1.Cl. The van der Waals surface area contributed by atoms with Crippen LogP contribution in [0.1, 0.15) is 42.2 Å². The van der Waals surface area contributed by atoms with Crippen LogP contribution in [0.2, 0.25) is 0 Å². The molecule has 0 fully saturated rings. The molecule has 0 aromatic heterocycles. The van der Waals surface area contributed by atoms with Gasteiger partial charge in [0.05, 0.1) is 24.8 Å². The van der Waals surface area contributed by atoms with Crippen LogP contribution in [-0.4, -0.2) is 24.3 Å². The van der Waals surface area contributed by atoms with E-state index in [9.17, 15) is 9.90 Å². The predicted octanol–water partition coefficient (Wildman–Crippen LogP) is 2.30. The van der Waals surface area contributed by atoms with Crippen molar-refractivity contribution >= 4 is 18.4 Å². The predicted molar refractivity (Wildman–Crippen MR) is 77.4 cm³/mol. The molecule has 0 radical (unpaired) electrons. The van der Waals surface area contributed by atoms with Crippen molar-refractivity contribution in [3.8, 4) is 0 Å². The number of aliphatic hydroxyl groups is 1. The van der Waals surface area contributed by atoms with Crippen LogP contribution in [0.5, 0.6) is 0 Å². The molecule has 5 heteroatoms. The summed E-state index contributed by atoms with van der Waals surface area (Å²) < 4.78 is 4.62. The quantitative estimate of drug-likeness (QED) is 0.815. The molecule has 0 aliphatic carbocycles. The van der Waals surface area contributed by atoms with Crippen LogP contribution in [-0.2, 0) is 4.74 Å². The van der Waals surface area contributed by atoms with Crippen LogP contribution >= 0.6 is 12.4 Å². The fourth-order valence-electron chi connectivity index (χ4n) is 1.75. The van der Waals surface area contributed by atoms with E-state index in [2.05, 4.69) is 4.74 Å². The monoisotopic (exact) mass is 287 g/mol. The highest BCUT2D eigenvalue weighted by molar-refractivity contribution is 5.89. The molecule has 19 heavy (non-hydrogen) atoms. The standard InChI is InChI=1S/C14H21NO3.ClH/c1-4-9(2)13(16)12(15)10-5-7-11(8-6-10)14(17)18-3;/h5-9,12-13,16H,4,15H2,1-3H3;1H/t9?,12-,13+;/m0./s1. The lowest BCUT2D eigenvalue weighted by molar-refractivity contribution is 0.0600. The first-order valence-corrected chi connectivity index (χ1v) is 6.13. The second-order valence-electron chi connectivity index (χ2n) is 4.52. The molecule has 3 N–H and O–H groups in total. The van der Waals surface area contributed by atoms with Gasteiger partial charge in [0, 0.05) is 0 Å². The third kappa shape index (κ3) is 4.49. The molecule has 0 aliphatic rings. The van der Waals surface area contributed by atoms with Gasteiger partial charge in [-0.05, 0) is 23.6 Å². The topological polar surface area (TPSA) is 72.5 Å². The van der Waals surface area contributed by atoms with Gasteiger partial charge in [0.1, 0.15) is 0 Å². The molecule has 4 nitrogen and oxygen atoms in total. The van der Waals surface area contributed by atoms with Crippen LogP contribution in [0, 0.1) is 5.92 Å². The zero-order valence-corrected chi connectivity index (χ0v) is 12.3. The minimum Gasteiger partial charge on any atom is -0.465 e. The maximum atomic E-state index is 11.3. The summed E-state index contributed by atoms with van der Waals surface area (Å²) in [5.74, 6) is -0.238. The summed E-state index contributed by atoms with van der Waals surface area (Å²) in [6.45, 7) is 3.98. The van der Waals surface area contributed by atoms with Crippen LogP contribution in [0.3, 0.4) is 0 Å². The van der Waals surface area contributed by atoms with E-state index in [0.29, 0.717) is 5.56 Å². The van der Waals surface area contributed by atoms with Gasteiger partial charge < -0.3 is 15.6 Å². The molecule has 108 valence electrons. The maximum absolute atomic E-state index is 11.3. The zero-order chi connectivity index (χ0) is 13.7. The van der Waals surface area contributed by atoms with Gasteiger partial charge in [0.2, 0.25) is 0 Å². The van der Waals surface area contributed by atoms with E-state index in [1.54, 1.807) is 24.3 Å². The molecule has 1 unspecified atom stereocenters. The van der Waals surface area contributed by atoms with Gasteiger partial charge in [-0.1, -0.05) is 32.4 Å². The van der Waals surface area contributed by atoms with E-state index in [1.165, 1.54) is 7.11 Å². The minimum atomic E-state index is -0.584. The number of esters is 1. The van der Waals surface area contributed by atoms with Crippen molar-refractivity contribution in [1.82, 2.24) is 0 Å². The highest BCUT2D eigenvalue weighted by Crippen LogP contribution is 2.22. The number of carbonyl (C=O) groups is 1. The van der Waals surface area contributed by atoms with Crippen molar-refractivity contribution in [2.24, 2.45) is 11.7 Å². The maximum Gasteiger partial charge on any atom is 0.337 e. The number of hydrogen-bond donors (Lipinski definition) is 2. The lowest BCUT2D eigenvalue weighted by Crippen LogP contribution is -2.31. The number of benzene rings is 1. The molecule has 3 atom stereocenters. The van der Waals surface area contributed by atoms with Gasteiger partial charge in [0.25, 0.3) is 0 Å². The third-order valence-corrected chi connectivity index (χ3v) is 3.31. The zero-order valence-electron chi connectivity index (χ0n) is 11.5. The lowest BCUT2D eigenvalue weighted by atomic mass is 9.91. The molecule has 1 aromatic carbocycles. The second kappa shape index (κ2) is 8.15. The molecule has 0 bridgehead atoms. The van der Waals surface area contributed by atoms with E-state index in [-0.39, 0.29) is 24.3 Å². The summed E-state index contributed by atoms with van der Waals surface area (Å²) in [7, 11) is 1.34. The summed E-state index contributed by atoms with van der Waals surface area (Å²) in [6.07, 6.45) is 0.286. The Morgan fingerprint density at radius 2 is 1.89 bits per heavy atom. The van der Waals surface area contributed by atoms with Crippen molar-refractivity contribution in [3.63, 3.8) is 0 Å². The molecule has 0 saturated heterocycles. The van der Waals surface area contributed by atoms with Crippen molar-refractivity contribution in [2.45, 2.75) is 32.4 Å². The second-order valence-corrected chi connectivity index (χ2v) is 4.52. The molecule has 0 spiro atoms. The first-order valence-electron chi connectivity index (χ1n) is 6.13. The Balaban J connectivity index is 0.00000324. The lowest BCUT2D eigenvalue weighted by Gasteiger charge is -2.24. The Bertz CT molecular complexity index is 394. The first-order chi connectivity index (χ1) is 8.51. The Labute approximate surface area is 120 Å². The number of methoxy groups -OCH3 is 1. The largest absolute Gasteiger partial charge is 0.465 e. The van der Waals surface area contributed by atoms with E-state index in [1.807, 2.05) is 13.8 Å². The van der Waals surface area contributed by atoms with E-state index < -0.39 is 12.1 Å². The first kappa shape index (κ1) is 17.9. The number of hydrogen-bond acceptors (Lipinski definition) is 4. The Kier molecular flexibility index (Phi) is 7.68. The average Bonchev–Trinajstić information content (AvgIpc) is 2.44. The van der Waals surface area contributed by atoms with Crippen molar-refractivity contribution in [2.75, 3.05) is 7.11 Å². The van der Waals surface area contributed by atoms with Gasteiger partial charge in [-0.2, -0.15) is 0 Å². The molecule has 0 aliphatic heterocycles. The highest BCUT2D eigenvalue weighted by Gasteiger charge is 2.21. The highest BCUT2D eigenvalue weighted by atomic mass is 35.5. The molecule has 0 amide bonds. The Morgan fingerprint density at radius 3 is 2.32 bits per heavy atom. The molecule has 0 saturated carbocycles.